The molecule has 0 aromatic heterocycles. The van der Waals surface area contributed by atoms with E-state index in [1.807, 2.05) is 25.2 Å². The summed E-state index contributed by atoms with van der Waals surface area (Å²) in [5, 5.41) is 3.63. The molecule has 1 saturated carbocycles. The lowest BCUT2D eigenvalue weighted by atomic mass is 9.84. The van der Waals surface area contributed by atoms with Crippen LogP contribution in [0.3, 0.4) is 0 Å². The zero-order chi connectivity index (χ0) is 13.8. The molecule has 0 bridgehead atoms. The minimum absolute atomic E-state index is 0.254. The molecule has 2 rings (SSSR count). The van der Waals surface area contributed by atoms with E-state index in [1.54, 1.807) is 0 Å². The van der Waals surface area contributed by atoms with E-state index >= 15 is 0 Å². The van der Waals surface area contributed by atoms with E-state index in [4.69, 9.17) is 0 Å². The van der Waals surface area contributed by atoms with Gasteiger partial charge in [0.05, 0.1) is 16.0 Å². The van der Waals surface area contributed by atoms with Gasteiger partial charge in [-0.1, -0.05) is 31.5 Å². The summed E-state index contributed by atoms with van der Waals surface area (Å²) in [6, 6.07) is 8.48. The van der Waals surface area contributed by atoms with Crippen molar-refractivity contribution in [3.8, 4) is 0 Å². The molecule has 1 N–H and O–H groups in total. The van der Waals surface area contributed by atoms with Crippen molar-refractivity contribution in [2.45, 2.75) is 55.7 Å². The molecule has 0 aliphatic heterocycles. The maximum atomic E-state index is 12.9. The quantitative estimate of drug-likeness (QED) is 0.916. The number of hydrogen-bond donors (Lipinski definition) is 1. The molecule has 0 radical (unpaired) electrons. The van der Waals surface area contributed by atoms with Crippen molar-refractivity contribution in [1.29, 1.82) is 0 Å². The lowest BCUT2D eigenvalue weighted by molar-refractivity contribution is 0.301. The maximum Gasteiger partial charge on any atom is 0.0579 e. The van der Waals surface area contributed by atoms with Gasteiger partial charge in [0.15, 0.2) is 0 Å². The second-order valence-corrected chi connectivity index (χ2v) is 7.22. The average molecular weight is 279 g/mol. The van der Waals surface area contributed by atoms with Crippen LogP contribution in [-0.4, -0.2) is 22.5 Å². The van der Waals surface area contributed by atoms with Crippen LogP contribution in [0.2, 0.25) is 0 Å². The topological polar surface area (TPSA) is 29.1 Å². The van der Waals surface area contributed by atoms with Crippen molar-refractivity contribution in [2.75, 3.05) is 7.05 Å². The first-order chi connectivity index (χ1) is 9.17. The monoisotopic (exact) mass is 279 g/mol. The summed E-state index contributed by atoms with van der Waals surface area (Å²) in [5.74, 6) is 0.738. The minimum atomic E-state index is -0.896. The van der Waals surface area contributed by atoms with Gasteiger partial charge < -0.3 is 5.32 Å². The maximum absolute atomic E-state index is 12.9. The molecule has 0 spiro atoms. The highest BCUT2D eigenvalue weighted by molar-refractivity contribution is 7.85. The molecule has 0 amide bonds. The van der Waals surface area contributed by atoms with Crippen LogP contribution in [-0.2, 0) is 10.8 Å². The lowest BCUT2D eigenvalue weighted by Crippen LogP contribution is -2.44. The Morgan fingerprint density at radius 3 is 2.68 bits per heavy atom. The molecule has 4 unspecified atom stereocenters. The molecule has 1 aromatic rings. The molecular weight excluding hydrogens is 254 g/mol. The molecule has 2 nitrogen and oxygen atoms in total. The van der Waals surface area contributed by atoms with Crippen LogP contribution in [0.1, 0.15) is 38.2 Å². The van der Waals surface area contributed by atoms with Gasteiger partial charge in [0.2, 0.25) is 0 Å². The van der Waals surface area contributed by atoms with E-state index in [9.17, 15) is 4.21 Å². The van der Waals surface area contributed by atoms with Crippen molar-refractivity contribution in [2.24, 2.45) is 5.92 Å². The fraction of sp³-hybridized carbons (Fsp3) is 0.625. The molecular formula is C16H25NOS. The highest BCUT2D eigenvalue weighted by atomic mass is 32.2. The Kier molecular flexibility index (Phi) is 5.17. The fourth-order valence-electron chi connectivity index (χ4n) is 3.09. The van der Waals surface area contributed by atoms with Gasteiger partial charge in [0.1, 0.15) is 0 Å². The zero-order valence-electron chi connectivity index (χ0n) is 12.2. The van der Waals surface area contributed by atoms with Gasteiger partial charge in [-0.2, -0.15) is 0 Å². The summed E-state index contributed by atoms with van der Waals surface area (Å²) in [5.41, 5.74) is 1.15. The summed E-state index contributed by atoms with van der Waals surface area (Å²) >= 11 is 0. The van der Waals surface area contributed by atoms with Gasteiger partial charge in [-0.25, -0.2) is 0 Å². The van der Waals surface area contributed by atoms with Crippen LogP contribution in [0.4, 0.5) is 0 Å². The third kappa shape index (κ3) is 3.26. The molecule has 19 heavy (non-hydrogen) atoms. The average Bonchev–Trinajstić information content (AvgIpc) is 2.46. The Morgan fingerprint density at radius 1 is 1.32 bits per heavy atom. The van der Waals surface area contributed by atoms with Crippen molar-refractivity contribution < 1.29 is 4.21 Å². The van der Waals surface area contributed by atoms with Gasteiger partial charge in [0.25, 0.3) is 0 Å². The molecule has 3 heteroatoms. The second-order valence-electron chi connectivity index (χ2n) is 5.58. The van der Waals surface area contributed by atoms with Crippen LogP contribution in [0.25, 0.3) is 0 Å². The summed E-state index contributed by atoms with van der Waals surface area (Å²) in [7, 11) is 1.10. The number of hydrogen-bond acceptors (Lipinski definition) is 2. The number of benzene rings is 1. The Morgan fingerprint density at radius 2 is 2.05 bits per heavy atom. The summed E-state index contributed by atoms with van der Waals surface area (Å²) in [4.78, 5) is 1.02. The standard InChI is InChI=1S/C16H25NOS/c1-4-13-9-10-14(17-3)16(11-13)19(18)15-8-6-5-7-12(15)2/h5-8,13-14,16-17H,4,9-11H2,1-3H3. The Labute approximate surface area is 119 Å². The summed E-state index contributed by atoms with van der Waals surface area (Å²) in [6.45, 7) is 4.31. The van der Waals surface area contributed by atoms with E-state index in [0.29, 0.717) is 6.04 Å². The van der Waals surface area contributed by atoms with E-state index < -0.39 is 10.8 Å². The third-order valence-electron chi connectivity index (χ3n) is 4.43. The van der Waals surface area contributed by atoms with E-state index in [0.717, 1.165) is 29.2 Å². The largest absolute Gasteiger partial charge is 0.316 e. The SMILES string of the molecule is CCC1CCC(NC)C(S(=O)c2ccccc2C)C1. The fourth-order valence-corrected chi connectivity index (χ4v) is 5.04. The molecule has 1 aliphatic carbocycles. The Hall–Kier alpha value is -0.670. The molecule has 1 aromatic carbocycles. The van der Waals surface area contributed by atoms with Crippen molar-refractivity contribution >= 4 is 10.8 Å². The number of aryl methyl sites for hydroxylation is 1. The second kappa shape index (κ2) is 6.67. The van der Waals surface area contributed by atoms with Gasteiger partial charge in [-0.3, -0.25) is 4.21 Å². The van der Waals surface area contributed by atoms with Crippen LogP contribution < -0.4 is 5.32 Å². The molecule has 106 valence electrons. The van der Waals surface area contributed by atoms with Crippen LogP contribution in [0, 0.1) is 12.8 Å². The van der Waals surface area contributed by atoms with Crippen molar-refractivity contribution in [3.05, 3.63) is 29.8 Å². The predicted octanol–water partition coefficient (Wildman–Crippen LogP) is 3.27. The van der Waals surface area contributed by atoms with E-state index in [1.165, 1.54) is 12.8 Å². The van der Waals surface area contributed by atoms with Crippen molar-refractivity contribution in [3.63, 3.8) is 0 Å². The predicted molar refractivity (Wildman–Crippen MR) is 81.9 cm³/mol. The van der Waals surface area contributed by atoms with E-state index in [2.05, 4.69) is 25.2 Å². The normalized spacial score (nSPS) is 29.1. The Bertz CT molecular complexity index is 446. The third-order valence-corrected chi connectivity index (χ3v) is 6.40. The first-order valence-corrected chi connectivity index (χ1v) is 8.52. The lowest BCUT2D eigenvalue weighted by Gasteiger charge is -2.35. The zero-order valence-corrected chi connectivity index (χ0v) is 13.0. The van der Waals surface area contributed by atoms with Gasteiger partial charge in [-0.05, 0) is 50.8 Å². The highest BCUT2D eigenvalue weighted by Gasteiger charge is 2.33. The number of rotatable bonds is 4. The number of nitrogens with one attached hydrogen (secondary N) is 1. The van der Waals surface area contributed by atoms with Crippen LogP contribution >= 0.6 is 0 Å². The Balaban J connectivity index is 2.22. The summed E-state index contributed by atoms with van der Waals surface area (Å²) < 4.78 is 12.9. The molecule has 0 heterocycles. The molecule has 1 fully saturated rings. The van der Waals surface area contributed by atoms with Gasteiger partial charge in [-0.15, -0.1) is 0 Å². The van der Waals surface area contributed by atoms with Gasteiger partial charge in [0, 0.05) is 10.9 Å². The minimum Gasteiger partial charge on any atom is -0.316 e. The first-order valence-electron chi connectivity index (χ1n) is 7.30. The van der Waals surface area contributed by atoms with Crippen molar-refractivity contribution in [1.82, 2.24) is 5.32 Å². The van der Waals surface area contributed by atoms with Gasteiger partial charge >= 0.3 is 0 Å². The smallest absolute Gasteiger partial charge is 0.0579 e. The first kappa shape index (κ1) is 14.7. The molecule has 1 aliphatic rings. The molecule has 4 atom stereocenters. The van der Waals surface area contributed by atoms with Crippen LogP contribution in [0.15, 0.2) is 29.2 Å². The molecule has 0 saturated heterocycles. The summed E-state index contributed by atoms with van der Waals surface area (Å²) in [6.07, 6.45) is 4.71. The van der Waals surface area contributed by atoms with E-state index in [-0.39, 0.29) is 5.25 Å². The van der Waals surface area contributed by atoms with Crippen LogP contribution in [0.5, 0.6) is 0 Å². The highest BCUT2D eigenvalue weighted by Crippen LogP contribution is 2.32.